The van der Waals surface area contributed by atoms with Gasteiger partial charge in [0.1, 0.15) is 0 Å². The van der Waals surface area contributed by atoms with Crippen molar-refractivity contribution in [3.63, 3.8) is 0 Å². The highest BCUT2D eigenvalue weighted by molar-refractivity contribution is 6.30. The Labute approximate surface area is 96.0 Å². The third kappa shape index (κ3) is 2.64. The van der Waals surface area contributed by atoms with Crippen molar-refractivity contribution in [2.75, 3.05) is 18.8 Å². The second-order valence-corrected chi connectivity index (χ2v) is 4.91. The molecule has 0 amide bonds. The van der Waals surface area contributed by atoms with Gasteiger partial charge in [0, 0.05) is 23.8 Å². The molecule has 1 aliphatic rings. The van der Waals surface area contributed by atoms with E-state index < -0.39 is 0 Å². The van der Waals surface area contributed by atoms with Crippen LogP contribution in [-0.2, 0) is 6.54 Å². The van der Waals surface area contributed by atoms with Crippen LogP contribution in [0.2, 0.25) is 5.02 Å². The van der Waals surface area contributed by atoms with E-state index in [2.05, 4.69) is 11.8 Å². The monoisotopic (exact) mass is 224 g/mol. The molecule has 1 saturated heterocycles. The summed E-state index contributed by atoms with van der Waals surface area (Å²) in [5.41, 5.74) is 7.91. The molecule has 1 aliphatic heterocycles. The van der Waals surface area contributed by atoms with E-state index in [0.717, 1.165) is 28.7 Å². The van der Waals surface area contributed by atoms with Gasteiger partial charge in [-0.05, 0) is 42.6 Å². The summed E-state index contributed by atoms with van der Waals surface area (Å²) in [5, 5.41) is 0.770. The average molecular weight is 225 g/mol. The third-order valence-electron chi connectivity index (χ3n) is 3.01. The van der Waals surface area contributed by atoms with Gasteiger partial charge in [0.25, 0.3) is 0 Å². The largest absolute Gasteiger partial charge is 0.398 e. The Hall–Kier alpha value is -0.730. The second kappa shape index (κ2) is 4.42. The van der Waals surface area contributed by atoms with E-state index in [4.69, 9.17) is 17.3 Å². The van der Waals surface area contributed by atoms with Crippen LogP contribution in [0.5, 0.6) is 0 Å². The first-order valence-electron chi connectivity index (χ1n) is 5.41. The molecule has 2 N–H and O–H groups in total. The fourth-order valence-corrected chi connectivity index (χ4v) is 2.32. The summed E-state index contributed by atoms with van der Waals surface area (Å²) in [6, 6.07) is 5.70. The maximum Gasteiger partial charge on any atom is 0.0410 e. The Morgan fingerprint density at radius 3 is 3.00 bits per heavy atom. The van der Waals surface area contributed by atoms with Gasteiger partial charge in [-0.25, -0.2) is 0 Å². The van der Waals surface area contributed by atoms with Gasteiger partial charge in [0.15, 0.2) is 0 Å². The standard InChI is InChI=1S/C12H17ClN2/c1-9-4-5-15(7-9)8-10-6-11(13)2-3-12(10)14/h2-3,6,9H,4-5,7-8,14H2,1H3. The molecule has 15 heavy (non-hydrogen) atoms. The molecule has 0 bridgehead atoms. The van der Waals surface area contributed by atoms with Crippen LogP contribution < -0.4 is 5.73 Å². The lowest BCUT2D eigenvalue weighted by Crippen LogP contribution is -2.20. The molecule has 0 spiro atoms. The Morgan fingerprint density at radius 1 is 1.53 bits per heavy atom. The van der Waals surface area contributed by atoms with Crippen LogP contribution in [0, 0.1) is 5.92 Å². The molecular weight excluding hydrogens is 208 g/mol. The van der Waals surface area contributed by atoms with Gasteiger partial charge in [0.2, 0.25) is 0 Å². The number of nitrogens with zero attached hydrogens (tertiary/aromatic N) is 1. The molecule has 0 radical (unpaired) electrons. The van der Waals surface area contributed by atoms with Crippen molar-refractivity contribution in [2.45, 2.75) is 19.9 Å². The number of benzene rings is 1. The number of hydrogen-bond acceptors (Lipinski definition) is 2. The van der Waals surface area contributed by atoms with Gasteiger partial charge in [-0.3, -0.25) is 4.90 Å². The molecule has 2 nitrogen and oxygen atoms in total. The smallest absolute Gasteiger partial charge is 0.0410 e. The van der Waals surface area contributed by atoms with Crippen molar-refractivity contribution < 1.29 is 0 Å². The molecule has 0 aliphatic carbocycles. The van der Waals surface area contributed by atoms with Crippen molar-refractivity contribution in [3.05, 3.63) is 28.8 Å². The van der Waals surface area contributed by atoms with Crippen LogP contribution in [0.25, 0.3) is 0 Å². The van der Waals surface area contributed by atoms with Crippen LogP contribution in [0.1, 0.15) is 18.9 Å². The number of likely N-dealkylation sites (tertiary alicyclic amines) is 1. The van der Waals surface area contributed by atoms with Crippen LogP contribution in [0.4, 0.5) is 5.69 Å². The zero-order chi connectivity index (χ0) is 10.8. The summed E-state index contributed by atoms with van der Waals surface area (Å²) in [7, 11) is 0. The van der Waals surface area contributed by atoms with Crippen LogP contribution in [-0.4, -0.2) is 18.0 Å². The fraction of sp³-hybridized carbons (Fsp3) is 0.500. The maximum atomic E-state index is 5.96. The lowest BCUT2D eigenvalue weighted by molar-refractivity contribution is 0.321. The van der Waals surface area contributed by atoms with Gasteiger partial charge in [-0.1, -0.05) is 18.5 Å². The lowest BCUT2D eigenvalue weighted by atomic mass is 10.1. The Bertz CT molecular complexity index is 351. The minimum Gasteiger partial charge on any atom is -0.398 e. The highest BCUT2D eigenvalue weighted by Gasteiger charge is 2.19. The molecule has 3 heteroatoms. The molecule has 1 atom stereocenters. The zero-order valence-electron chi connectivity index (χ0n) is 9.04. The zero-order valence-corrected chi connectivity index (χ0v) is 9.80. The van der Waals surface area contributed by atoms with Crippen LogP contribution >= 0.6 is 11.6 Å². The molecule has 1 fully saturated rings. The van der Waals surface area contributed by atoms with E-state index in [1.165, 1.54) is 19.5 Å². The highest BCUT2D eigenvalue weighted by Crippen LogP contribution is 2.23. The average Bonchev–Trinajstić information content (AvgIpc) is 2.58. The Kier molecular flexibility index (Phi) is 3.17. The summed E-state index contributed by atoms with van der Waals surface area (Å²) in [5.74, 6) is 0.811. The molecule has 2 rings (SSSR count). The SMILES string of the molecule is CC1CCN(Cc2cc(Cl)ccc2N)C1. The maximum absolute atomic E-state index is 5.96. The van der Waals surface area contributed by atoms with Crippen LogP contribution in [0.3, 0.4) is 0 Å². The number of anilines is 1. The van der Waals surface area contributed by atoms with E-state index >= 15 is 0 Å². The topological polar surface area (TPSA) is 29.3 Å². The summed E-state index contributed by atoms with van der Waals surface area (Å²) < 4.78 is 0. The number of halogens is 1. The predicted molar refractivity (Wildman–Crippen MR) is 64.9 cm³/mol. The number of nitrogens with two attached hydrogens (primary N) is 1. The fourth-order valence-electron chi connectivity index (χ4n) is 2.12. The molecule has 82 valence electrons. The van der Waals surface area contributed by atoms with Gasteiger partial charge in [0.05, 0.1) is 0 Å². The Balaban J connectivity index is 2.07. The van der Waals surface area contributed by atoms with E-state index in [0.29, 0.717) is 0 Å². The van der Waals surface area contributed by atoms with E-state index in [1.807, 2.05) is 18.2 Å². The third-order valence-corrected chi connectivity index (χ3v) is 3.24. The summed E-state index contributed by atoms with van der Waals surface area (Å²) in [6.45, 7) is 5.57. The van der Waals surface area contributed by atoms with Crippen molar-refractivity contribution >= 4 is 17.3 Å². The number of rotatable bonds is 2. The molecule has 1 heterocycles. The Morgan fingerprint density at radius 2 is 2.33 bits per heavy atom. The molecular formula is C12H17ClN2. The van der Waals surface area contributed by atoms with Gasteiger partial charge >= 0.3 is 0 Å². The van der Waals surface area contributed by atoms with E-state index in [1.54, 1.807) is 0 Å². The van der Waals surface area contributed by atoms with Gasteiger partial charge < -0.3 is 5.73 Å². The van der Waals surface area contributed by atoms with Crippen molar-refractivity contribution in [3.8, 4) is 0 Å². The quantitative estimate of drug-likeness (QED) is 0.783. The first-order chi connectivity index (χ1) is 7.15. The van der Waals surface area contributed by atoms with E-state index in [-0.39, 0.29) is 0 Å². The van der Waals surface area contributed by atoms with Crippen molar-refractivity contribution in [2.24, 2.45) is 5.92 Å². The highest BCUT2D eigenvalue weighted by atomic mass is 35.5. The molecule has 0 aromatic heterocycles. The summed E-state index contributed by atoms with van der Waals surface area (Å²) in [6.07, 6.45) is 1.29. The van der Waals surface area contributed by atoms with Crippen molar-refractivity contribution in [1.29, 1.82) is 0 Å². The second-order valence-electron chi connectivity index (χ2n) is 4.47. The van der Waals surface area contributed by atoms with Crippen LogP contribution in [0.15, 0.2) is 18.2 Å². The normalized spacial score (nSPS) is 22.1. The summed E-state index contributed by atoms with van der Waals surface area (Å²) in [4.78, 5) is 2.44. The minimum absolute atomic E-state index is 0.770. The molecule has 1 unspecified atom stereocenters. The number of hydrogen-bond donors (Lipinski definition) is 1. The predicted octanol–water partition coefficient (Wildman–Crippen LogP) is 2.76. The summed E-state index contributed by atoms with van der Waals surface area (Å²) >= 11 is 5.96. The first-order valence-corrected chi connectivity index (χ1v) is 5.79. The minimum atomic E-state index is 0.770. The van der Waals surface area contributed by atoms with Crippen molar-refractivity contribution in [1.82, 2.24) is 4.90 Å². The molecule has 1 aromatic carbocycles. The molecule has 0 saturated carbocycles. The van der Waals surface area contributed by atoms with E-state index in [9.17, 15) is 0 Å². The lowest BCUT2D eigenvalue weighted by Gasteiger charge is -2.16. The number of nitrogen functional groups attached to an aromatic ring is 1. The first kappa shape index (κ1) is 10.8. The molecule has 1 aromatic rings. The van der Waals surface area contributed by atoms with Gasteiger partial charge in [-0.2, -0.15) is 0 Å². The van der Waals surface area contributed by atoms with Gasteiger partial charge in [-0.15, -0.1) is 0 Å².